The Morgan fingerprint density at radius 2 is 2.04 bits per heavy atom. The molecule has 0 bridgehead atoms. The summed E-state index contributed by atoms with van der Waals surface area (Å²) in [7, 11) is 1.58. The van der Waals surface area contributed by atoms with E-state index in [1.54, 1.807) is 42.1 Å². The number of hydrogen-bond donors (Lipinski definition) is 0. The Balaban J connectivity index is 1.72. The highest BCUT2D eigenvalue weighted by Crippen LogP contribution is 2.27. The van der Waals surface area contributed by atoms with Gasteiger partial charge in [0.1, 0.15) is 5.75 Å². The van der Waals surface area contributed by atoms with Gasteiger partial charge in [0, 0.05) is 10.6 Å². The Bertz CT molecular complexity index is 901. The number of ether oxygens (including phenoxy) is 1. The van der Waals surface area contributed by atoms with Crippen LogP contribution in [0.15, 0.2) is 52.1 Å². The summed E-state index contributed by atoms with van der Waals surface area (Å²) in [6.45, 7) is 0. The molecule has 0 amide bonds. The molecule has 3 aromatic rings. The average Bonchev–Trinajstić information content (AvgIpc) is 3.08. The second kappa shape index (κ2) is 7.99. The minimum Gasteiger partial charge on any atom is -0.496 e. The molecule has 1 heterocycles. The van der Waals surface area contributed by atoms with E-state index >= 15 is 0 Å². The molecule has 0 aliphatic rings. The van der Waals surface area contributed by atoms with Crippen LogP contribution in [0.5, 0.6) is 5.75 Å². The lowest BCUT2D eigenvalue weighted by Crippen LogP contribution is -2.05. The molecule has 0 radical (unpaired) electrons. The summed E-state index contributed by atoms with van der Waals surface area (Å²) in [5.41, 5.74) is 1.36. The third kappa shape index (κ3) is 4.20. The van der Waals surface area contributed by atoms with E-state index in [-0.39, 0.29) is 11.5 Å². The zero-order valence-electron chi connectivity index (χ0n) is 13.0. The fourth-order valence-corrected chi connectivity index (χ4v) is 3.52. The van der Waals surface area contributed by atoms with Gasteiger partial charge in [-0.05, 0) is 68.8 Å². The fraction of sp³-hybridized carbons (Fsp3) is 0.125. The van der Waals surface area contributed by atoms with E-state index in [4.69, 9.17) is 16.3 Å². The normalized spacial score (nSPS) is 10.7. The molecule has 0 N–H and O–H groups in total. The van der Waals surface area contributed by atoms with Crippen LogP contribution in [-0.2, 0) is 0 Å². The predicted molar refractivity (Wildman–Crippen MR) is 99.9 cm³/mol. The van der Waals surface area contributed by atoms with Crippen molar-refractivity contribution in [2.24, 2.45) is 0 Å². The Labute approximate surface area is 161 Å². The molecule has 3 rings (SSSR count). The number of halogens is 2. The lowest BCUT2D eigenvalue weighted by molar-refractivity contribution is 0.102. The maximum Gasteiger partial charge on any atom is 0.214 e. The van der Waals surface area contributed by atoms with Crippen molar-refractivity contribution in [2.45, 2.75) is 5.16 Å². The molecule has 0 fully saturated rings. The van der Waals surface area contributed by atoms with Crippen molar-refractivity contribution in [3.8, 4) is 11.4 Å². The number of hydrogen-bond acceptors (Lipinski definition) is 6. The topological polar surface area (TPSA) is 69.9 Å². The van der Waals surface area contributed by atoms with Crippen LogP contribution in [-0.4, -0.2) is 38.9 Å². The second-order valence-electron chi connectivity index (χ2n) is 4.91. The zero-order valence-corrected chi connectivity index (χ0v) is 16.2. The summed E-state index contributed by atoms with van der Waals surface area (Å²) >= 11 is 10.5. The Hall–Kier alpha value is -1.90. The Kier molecular flexibility index (Phi) is 5.72. The minimum absolute atomic E-state index is 0.0287. The Morgan fingerprint density at radius 3 is 2.72 bits per heavy atom. The average molecular weight is 440 g/mol. The number of nitrogens with zero attached hydrogens (tertiary/aromatic N) is 4. The van der Waals surface area contributed by atoms with Crippen LogP contribution in [0.2, 0.25) is 5.02 Å². The van der Waals surface area contributed by atoms with Crippen LogP contribution in [0.1, 0.15) is 10.4 Å². The number of aromatic nitrogens is 4. The van der Waals surface area contributed by atoms with Gasteiger partial charge in [0.25, 0.3) is 0 Å². The van der Waals surface area contributed by atoms with Crippen LogP contribution in [0.3, 0.4) is 0 Å². The van der Waals surface area contributed by atoms with Crippen molar-refractivity contribution >= 4 is 45.1 Å². The molecule has 0 spiro atoms. The maximum atomic E-state index is 12.4. The number of rotatable bonds is 6. The van der Waals surface area contributed by atoms with Crippen molar-refractivity contribution in [2.75, 3.05) is 12.9 Å². The van der Waals surface area contributed by atoms with Gasteiger partial charge in [-0.1, -0.05) is 23.4 Å². The van der Waals surface area contributed by atoms with Crippen LogP contribution in [0, 0.1) is 0 Å². The fourth-order valence-electron chi connectivity index (χ4n) is 2.07. The standard InChI is InChI=1S/C16H12BrClN4O2S/c1-24-15-7-2-10(8-13(15)17)14(23)9-25-16-19-20-21-22(16)12-5-3-11(18)4-6-12/h2-8H,9H2,1H3. The smallest absolute Gasteiger partial charge is 0.214 e. The third-order valence-electron chi connectivity index (χ3n) is 3.32. The number of benzene rings is 2. The summed E-state index contributed by atoms with van der Waals surface area (Å²) in [5.74, 6) is 0.863. The van der Waals surface area contributed by atoms with Crippen LogP contribution >= 0.6 is 39.3 Å². The molecule has 0 atom stereocenters. The van der Waals surface area contributed by atoms with E-state index < -0.39 is 0 Å². The summed E-state index contributed by atoms with van der Waals surface area (Å²) < 4.78 is 7.47. The third-order valence-corrected chi connectivity index (χ3v) is 5.11. The van der Waals surface area contributed by atoms with Gasteiger partial charge in [0.05, 0.1) is 23.0 Å². The first-order valence-corrected chi connectivity index (χ1v) is 9.28. The number of carbonyl (C=O) groups excluding carboxylic acids is 1. The molecule has 0 unspecified atom stereocenters. The van der Waals surface area contributed by atoms with Crippen molar-refractivity contribution in [3.63, 3.8) is 0 Å². The summed E-state index contributed by atoms with van der Waals surface area (Å²) in [4.78, 5) is 12.4. The Morgan fingerprint density at radius 1 is 1.28 bits per heavy atom. The molecule has 0 saturated heterocycles. The SMILES string of the molecule is COc1ccc(C(=O)CSc2nnnn2-c2ccc(Cl)cc2)cc1Br. The molecule has 0 aliphatic heterocycles. The quantitative estimate of drug-likeness (QED) is 0.426. The van der Waals surface area contributed by atoms with Gasteiger partial charge in [-0.15, -0.1) is 5.10 Å². The molecule has 6 nitrogen and oxygen atoms in total. The number of methoxy groups -OCH3 is 1. The first-order chi connectivity index (χ1) is 12.1. The van der Waals surface area contributed by atoms with E-state index in [0.29, 0.717) is 21.5 Å². The summed E-state index contributed by atoms with van der Waals surface area (Å²) in [5, 5.41) is 12.8. The van der Waals surface area contributed by atoms with Gasteiger partial charge >= 0.3 is 0 Å². The maximum absolute atomic E-state index is 12.4. The number of tetrazole rings is 1. The van der Waals surface area contributed by atoms with Crippen molar-refractivity contribution in [1.82, 2.24) is 20.2 Å². The van der Waals surface area contributed by atoms with Crippen LogP contribution < -0.4 is 4.74 Å². The molecule has 0 saturated carbocycles. The van der Waals surface area contributed by atoms with E-state index in [0.717, 1.165) is 10.2 Å². The van der Waals surface area contributed by atoms with Gasteiger partial charge in [-0.25, -0.2) is 0 Å². The number of thioether (sulfide) groups is 1. The van der Waals surface area contributed by atoms with E-state index in [1.807, 2.05) is 12.1 Å². The highest BCUT2D eigenvalue weighted by atomic mass is 79.9. The van der Waals surface area contributed by atoms with Crippen LogP contribution in [0.4, 0.5) is 0 Å². The molecule has 2 aromatic carbocycles. The van der Waals surface area contributed by atoms with Crippen molar-refractivity contribution < 1.29 is 9.53 Å². The molecule has 25 heavy (non-hydrogen) atoms. The van der Waals surface area contributed by atoms with Gasteiger partial charge in [-0.2, -0.15) is 4.68 Å². The molecule has 128 valence electrons. The highest BCUT2D eigenvalue weighted by molar-refractivity contribution is 9.10. The zero-order chi connectivity index (χ0) is 17.8. The molecular weight excluding hydrogens is 428 g/mol. The summed E-state index contributed by atoms with van der Waals surface area (Å²) in [6.07, 6.45) is 0. The van der Waals surface area contributed by atoms with Gasteiger partial charge in [0.2, 0.25) is 5.16 Å². The van der Waals surface area contributed by atoms with Gasteiger partial charge in [0.15, 0.2) is 5.78 Å². The lowest BCUT2D eigenvalue weighted by atomic mass is 10.1. The second-order valence-corrected chi connectivity index (χ2v) is 7.14. The number of carbonyl (C=O) groups is 1. The molecule has 0 aliphatic carbocycles. The highest BCUT2D eigenvalue weighted by Gasteiger charge is 2.14. The predicted octanol–water partition coefficient (Wildman–Crippen LogP) is 4.06. The van der Waals surface area contributed by atoms with Crippen LogP contribution in [0.25, 0.3) is 5.69 Å². The molecule has 1 aromatic heterocycles. The molecule has 9 heteroatoms. The van der Waals surface area contributed by atoms with E-state index in [9.17, 15) is 4.79 Å². The minimum atomic E-state index is -0.0287. The largest absolute Gasteiger partial charge is 0.496 e. The lowest BCUT2D eigenvalue weighted by Gasteiger charge is -2.06. The van der Waals surface area contributed by atoms with Gasteiger partial charge < -0.3 is 4.74 Å². The first-order valence-electron chi connectivity index (χ1n) is 7.12. The molecular formula is C16H12BrClN4O2S. The number of ketones is 1. The van der Waals surface area contributed by atoms with E-state index in [2.05, 4.69) is 31.5 Å². The van der Waals surface area contributed by atoms with Crippen molar-refractivity contribution in [3.05, 3.63) is 57.5 Å². The van der Waals surface area contributed by atoms with Gasteiger partial charge in [-0.3, -0.25) is 4.79 Å². The first kappa shape index (κ1) is 17.9. The van der Waals surface area contributed by atoms with E-state index in [1.165, 1.54) is 11.8 Å². The monoisotopic (exact) mass is 438 g/mol. The van der Waals surface area contributed by atoms with Crippen molar-refractivity contribution in [1.29, 1.82) is 0 Å². The summed E-state index contributed by atoms with van der Waals surface area (Å²) in [6, 6.07) is 12.4. The number of Topliss-reactive ketones (excluding diaryl/α,β-unsaturated/α-hetero) is 1.